The van der Waals surface area contributed by atoms with Crippen molar-refractivity contribution in [3.8, 4) is 0 Å². The minimum absolute atomic E-state index is 0. The van der Waals surface area contributed by atoms with Gasteiger partial charge in [0.2, 0.25) is 0 Å². The maximum Gasteiger partial charge on any atom is 2.00 e. The van der Waals surface area contributed by atoms with Gasteiger partial charge in [-0.25, -0.2) is 0 Å². The summed E-state index contributed by atoms with van der Waals surface area (Å²) in [6.07, 6.45) is 0. The zero-order valence-electron chi connectivity index (χ0n) is 5.95. The largest absolute Gasteiger partial charge is 2.00 e. The van der Waals surface area contributed by atoms with E-state index in [9.17, 15) is 0 Å². The molecule has 0 spiro atoms. The molecule has 0 aliphatic heterocycles. The first-order chi connectivity index (χ1) is 5.38. The molecule has 0 aliphatic carbocycles. The zero-order chi connectivity index (χ0) is 10.6. The molecule has 2 N–H and O–H groups in total. The molecule has 83 valence electrons. The summed E-state index contributed by atoms with van der Waals surface area (Å²) < 4.78 is 0. The monoisotopic (exact) mass is 249 g/mol. The van der Waals surface area contributed by atoms with Crippen molar-refractivity contribution in [3.05, 3.63) is 30.6 Å². The standard InChI is InChI=1S/C2H6O2.Cu.2NO3/c3-1-2-4;;2*2-1(3)4/h3-4H,1-2H2;;;/q;+2;2*-1. The molecule has 0 rings (SSSR count). The second-order valence-corrected chi connectivity index (χ2v) is 0.894. The average Bonchev–Trinajstić information content (AvgIpc) is 1.85. The second-order valence-electron chi connectivity index (χ2n) is 0.894. The van der Waals surface area contributed by atoms with Crippen molar-refractivity contribution in [2.24, 2.45) is 0 Å². The predicted octanol–water partition coefficient (Wildman–Crippen LogP) is -1.51. The molecule has 1 radical (unpaired) electrons. The maximum absolute atomic E-state index is 8.25. The van der Waals surface area contributed by atoms with Crippen LogP contribution in [0.15, 0.2) is 0 Å². The van der Waals surface area contributed by atoms with Gasteiger partial charge < -0.3 is 40.9 Å². The number of hydrogen-bond acceptors (Lipinski definition) is 8. The van der Waals surface area contributed by atoms with E-state index in [2.05, 4.69) is 0 Å². The second kappa shape index (κ2) is 22.4. The van der Waals surface area contributed by atoms with E-state index in [0.717, 1.165) is 0 Å². The summed E-state index contributed by atoms with van der Waals surface area (Å²) in [5.41, 5.74) is 0. The molecule has 13 heavy (non-hydrogen) atoms. The fourth-order valence-corrected chi connectivity index (χ4v) is 0. The van der Waals surface area contributed by atoms with Crippen molar-refractivity contribution in [1.82, 2.24) is 0 Å². The third-order valence-electron chi connectivity index (χ3n) is 0.1000. The smallest absolute Gasteiger partial charge is 0.394 e. The normalized spacial score (nSPS) is 6.00. The average molecular weight is 250 g/mol. The Morgan fingerprint density at radius 3 is 0.923 bits per heavy atom. The summed E-state index contributed by atoms with van der Waals surface area (Å²) in [5, 5.41) is 44.8. The molecule has 10 nitrogen and oxygen atoms in total. The van der Waals surface area contributed by atoms with Crippen LogP contribution in [-0.2, 0) is 17.1 Å². The van der Waals surface area contributed by atoms with Crippen molar-refractivity contribution in [2.75, 3.05) is 13.2 Å². The molecule has 0 unspecified atom stereocenters. The van der Waals surface area contributed by atoms with Crippen LogP contribution in [0.4, 0.5) is 0 Å². The van der Waals surface area contributed by atoms with Gasteiger partial charge in [0.05, 0.1) is 23.4 Å². The fourth-order valence-electron chi connectivity index (χ4n) is 0. The summed E-state index contributed by atoms with van der Waals surface area (Å²) >= 11 is 0. The first-order valence-corrected chi connectivity index (χ1v) is 2.23. The van der Waals surface area contributed by atoms with Crippen LogP contribution in [0.5, 0.6) is 0 Å². The number of nitrogens with zero attached hydrogens (tertiary/aromatic N) is 2. The van der Waals surface area contributed by atoms with E-state index in [1.807, 2.05) is 0 Å². The molecule has 0 amide bonds. The Morgan fingerprint density at radius 1 is 0.846 bits per heavy atom. The fraction of sp³-hybridized carbons (Fsp3) is 1.00. The number of rotatable bonds is 1. The van der Waals surface area contributed by atoms with Crippen molar-refractivity contribution in [2.45, 2.75) is 0 Å². The minimum atomic E-state index is -1.75. The molecule has 0 atom stereocenters. The molecule has 0 aromatic heterocycles. The van der Waals surface area contributed by atoms with Gasteiger partial charge in [-0.15, -0.1) is 0 Å². The summed E-state index contributed by atoms with van der Waals surface area (Å²) in [4.78, 5) is 16.5. The molecule has 0 bridgehead atoms. The van der Waals surface area contributed by atoms with Gasteiger partial charge in [-0.05, 0) is 0 Å². The Labute approximate surface area is 82.1 Å². The van der Waals surface area contributed by atoms with Crippen LogP contribution in [0.3, 0.4) is 0 Å². The van der Waals surface area contributed by atoms with Gasteiger partial charge >= 0.3 is 17.1 Å². The summed E-state index contributed by atoms with van der Waals surface area (Å²) in [6, 6.07) is 0. The van der Waals surface area contributed by atoms with E-state index >= 15 is 0 Å². The predicted molar refractivity (Wildman–Crippen MR) is 34.9 cm³/mol. The van der Waals surface area contributed by atoms with E-state index < -0.39 is 10.2 Å². The van der Waals surface area contributed by atoms with Gasteiger partial charge in [0.1, 0.15) is 0 Å². The Bertz CT molecular complexity index is 96.7. The first kappa shape index (κ1) is 22.6. The summed E-state index contributed by atoms with van der Waals surface area (Å²) in [7, 11) is 0. The van der Waals surface area contributed by atoms with Crippen LogP contribution in [0, 0.1) is 30.6 Å². The SMILES string of the molecule is O=[N+]([O-])[O-].O=[N+]([O-])[O-].OCCO.[Cu+2]. The topological polar surface area (TPSA) is 173 Å². The van der Waals surface area contributed by atoms with Crippen molar-refractivity contribution in [1.29, 1.82) is 0 Å². The van der Waals surface area contributed by atoms with Crippen LogP contribution in [0.25, 0.3) is 0 Å². The Hall–Kier alpha value is -1.16. The Balaban J connectivity index is -0.0000000450. The van der Waals surface area contributed by atoms with E-state index in [4.69, 9.17) is 40.9 Å². The van der Waals surface area contributed by atoms with Crippen molar-refractivity contribution < 1.29 is 37.5 Å². The molecule has 0 fully saturated rings. The van der Waals surface area contributed by atoms with Crippen molar-refractivity contribution in [3.63, 3.8) is 0 Å². The number of aliphatic hydroxyl groups is 2. The molecule has 0 aliphatic rings. The summed E-state index contributed by atoms with van der Waals surface area (Å²) in [5.74, 6) is 0. The number of hydrogen-bond donors (Lipinski definition) is 2. The molecular weight excluding hydrogens is 244 g/mol. The summed E-state index contributed by atoms with van der Waals surface area (Å²) in [6.45, 7) is -0.250. The molecule has 0 heterocycles. The Kier molecular flexibility index (Phi) is 39.1. The van der Waals surface area contributed by atoms with Gasteiger partial charge in [0, 0.05) is 0 Å². The molecule has 11 heteroatoms. The van der Waals surface area contributed by atoms with Crippen LogP contribution in [0.2, 0.25) is 0 Å². The van der Waals surface area contributed by atoms with E-state index in [0.29, 0.717) is 0 Å². The van der Waals surface area contributed by atoms with Crippen LogP contribution in [-0.4, -0.2) is 33.6 Å². The van der Waals surface area contributed by atoms with Crippen molar-refractivity contribution >= 4 is 0 Å². The van der Waals surface area contributed by atoms with Crippen LogP contribution in [0.1, 0.15) is 0 Å². The van der Waals surface area contributed by atoms with E-state index in [-0.39, 0.29) is 30.3 Å². The van der Waals surface area contributed by atoms with Gasteiger partial charge in [-0.1, -0.05) is 0 Å². The molecular formula is C2H6CuN2O8. The van der Waals surface area contributed by atoms with E-state index in [1.165, 1.54) is 0 Å². The number of aliphatic hydroxyl groups excluding tert-OH is 2. The van der Waals surface area contributed by atoms with Gasteiger partial charge in [-0.3, -0.25) is 0 Å². The zero-order valence-corrected chi connectivity index (χ0v) is 6.90. The third kappa shape index (κ3) is 32900. The minimum Gasteiger partial charge on any atom is -0.394 e. The first-order valence-electron chi connectivity index (χ1n) is 2.23. The van der Waals surface area contributed by atoms with Crippen LogP contribution < -0.4 is 0 Å². The Morgan fingerprint density at radius 2 is 0.923 bits per heavy atom. The molecule has 0 aromatic rings. The third-order valence-corrected chi connectivity index (χ3v) is 0.1000. The quantitative estimate of drug-likeness (QED) is 0.320. The van der Waals surface area contributed by atoms with Gasteiger partial charge in [-0.2, -0.15) is 0 Å². The van der Waals surface area contributed by atoms with Crippen LogP contribution >= 0.6 is 0 Å². The van der Waals surface area contributed by atoms with E-state index in [1.54, 1.807) is 0 Å². The molecule has 0 saturated carbocycles. The maximum atomic E-state index is 8.25. The van der Waals surface area contributed by atoms with Gasteiger partial charge in [0.15, 0.2) is 0 Å². The molecule has 0 aromatic carbocycles. The van der Waals surface area contributed by atoms with Gasteiger partial charge in [0.25, 0.3) is 0 Å². The molecule has 0 saturated heterocycles.